The van der Waals surface area contributed by atoms with Crippen LogP contribution in [0.25, 0.3) is 11.0 Å². The highest BCUT2D eigenvalue weighted by Gasteiger charge is 2.29. The normalized spacial score (nSPS) is 21.2. The largest absolute Gasteiger partial charge is 0.487 e. The molecule has 6 heteroatoms. The van der Waals surface area contributed by atoms with E-state index in [1.54, 1.807) is 7.11 Å². The Morgan fingerprint density at radius 2 is 2.16 bits per heavy atom. The molecule has 0 saturated heterocycles. The highest BCUT2D eigenvalue weighted by molar-refractivity contribution is 5.85. The van der Waals surface area contributed by atoms with Gasteiger partial charge in [0.25, 0.3) is 0 Å². The summed E-state index contributed by atoms with van der Waals surface area (Å²) in [5.74, 6) is 2.55. The smallest absolute Gasteiger partial charge is 0.203 e. The zero-order valence-corrected chi connectivity index (χ0v) is 16.0. The number of anilines is 1. The number of benzene rings is 1. The van der Waals surface area contributed by atoms with Crippen LogP contribution < -0.4 is 10.1 Å². The molecule has 1 aromatic heterocycles. The van der Waals surface area contributed by atoms with Crippen molar-refractivity contribution in [3.8, 4) is 5.75 Å². The highest BCUT2D eigenvalue weighted by atomic mass is 16.5. The van der Waals surface area contributed by atoms with Crippen molar-refractivity contribution in [3.63, 3.8) is 0 Å². The van der Waals surface area contributed by atoms with Crippen molar-refractivity contribution in [1.29, 1.82) is 0 Å². The van der Waals surface area contributed by atoms with Crippen molar-refractivity contribution >= 4 is 17.0 Å². The summed E-state index contributed by atoms with van der Waals surface area (Å²) in [7, 11) is 5.98. The number of hydrogen-bond donors (Lipinski definition) is 1. The summed E-state index contributed by atoms with van der Waals surface area (Å²) in [6.45, 7) is 7.68. The van der Waals surface area contributed by atoms with Gasteiger partial charge in [0.15, 0.2) is 0 Å². The lowest BCUT2D eigenvalue weighted by molar-refractivity contribution is 0.0951. The van der Waals surface area contributed by atoms with Crippen molar-refractivity contribution < 1.29 is 9.47 Å². The topological polar surface area (TPSA) is 51.5 Å². The van der Waals surface area contributed by atoms with Crippen LogP contribution in [0.4, 0.5) is 5.95 Å². The van der Waals surface area contributed by atoms with Gasteiger partial charge < -0.3 is 24.3 Å². The molecule has 2 aliphatic rings. The standard InChI is InChI=1S/C17H24N4O2.C2H6/c1-20(2)8-11-7-18-17-19-14-4-5-15-13(16(14)21(17)9-11)6-12(23-15)10-22-3;1-2/h4-5,11-12H,6-10H2,1-3H3,(H,18,19);1-2H3. The molecule has 1 aromatic carbocycles. The quantitative estimate of drug-likeness (QED) is 0.922. The van der Waals surface area contributed by atoms with Gasteiger partial charge in [-0.3, -0.25) is 0 Å². The predicted octanol–water partition coefficient (Wildman–Crippen LogP) is 2.62. The third-order valence-corrected chi connectivity index (χ3v) is 4.66. The van der Waals surface area contributed by atoms with E-state index >= 15 is 0 Å². The summed E-state index contributed by atoms with van der Waals surface area (Å²) in [5, 5.41) is 3.49. The van der Waals surface area contributed by atoms with Crippen LogP contribution in [0.5, 0.6) is 5.75 Å². The second-order valence-corrected chi connectivity index (χ2v) is 6.86. The molecule has 0 spiro atoms. The SMILES string of the molecule is CC.COCC1Cc2c(ccc3nc4n(c23)CC(CN(C)C)CN4)O1. The monoisotopic (exact) mass is 346 g/mol. The van der Waals surface area contributed by atoms with Gasteiger partial charge in [0.1, 0.15) is 11.9 Å². The molecule has 1 N–H and O–H groups in total. The summed E-state index contributed by atoms with van der Waals surface area (Å²) >= 11 is 0. The van der Waals surface area contributed by atoms with E-state index in [-0.39, 0.29) is 6.10 Å². The zero-order chi connectivity index (χ0) is 18.0. The molecule has 0 fully saturated rings. The first-order valence-corrected chi connectivity index (χ1v) is 9.22. The molecule has 0 amide bonds. The highest BCUT2D eigenvalue weighted by Crippen LogP contribution is 2.37. The zero-order valence-electron chi connectivity index (χ0n) is 16.0. The Morgan fingerprint density at radius 3 is 2.88 bits per heavy atom. The Labute approximate surface area is 150 Å². The average Bonchev–Trinajstić information content (AvgIpc) is 3.16. The Hall–Kier alpha value is -1.79. The minimum atomic E-state index is 0.112. The Balaban J connectivity index is 0.000000880. The fourth-order valence-electron chi connectivity index (χ4n) is 3.82. The number of hydrogen-bond acceptors (Lipinski definition) is 5. The number of nitrogens with zero attached hydrogens (tertiary/aromatic N) is 3. The third-order valence-electron chi connectivity index (χ3n) is 4.66. The molecule has 0 radical (unpaired) electrons. The van der Waals surface area contributed by atoms with Crippen LogP contribution in [0.3, 0.4) is 0 Å². The molecule has 4 rings (SSSR count). The van der Waals surface area contributed by atoms with Gasteiger partial charge in [0, 0.05) is 44.6 Å². The van der Waals surface area contributed by atoms with Gasteiger partial charge in [-0.05, 0) is 26.2 Å². The first kappa shape index (κ1) is 18.0. The van der Waals surface area contributed by atoms with Crippen LogP contribution in [0.15, 0.2) is 12.1 Å². The maximum atomic E-state index is 6.01. The summed E-state index contributed by atoms with van der Waals surface area (Å²) in [6, 6.07) is 4.11. The molecule has 0 aliphatic carbocycles. The predicted molar refractivity (Wildman–Crippen MR) is 102 cm³/mol. The molecular formula is C19H30N4O2. The molecule has 25 heavy (non-hydrogen) atoms. The van der Waals surface area contributed by atoms with Gasteiger partial charge >= 0.3 is 0 Å². The number of aromatic nitrogens is 2. The van der Waals surface area contributed by atoms with Crippen LogP contribution in [0.1, 0.15) is 19.4 Å². The molecule has 2 aromatic rings. The Kier molecular flexibility index (Phi) is 5.49. The molecular weight excluding hydrogens is 316 g/mol. The van der Waals surface area contributed by atoms with E-state index in [1.165, 1.54) is 11.1 Å². The molecule has 0 saturated carbocycles. The first-order chi connectivity index (χ1) is 12.2. The van der Waals surface area contributed by atoms with Crippen LogP contribution in [-0.4, -0.2) is 61.5 Å². The molecule has 138 valence electrons. The fraction of sp³-hybridized carbons (Fsp3) is 0.632. The number of fused-ring (bicyclic) bond motifs is 5. The van der Waals surface area contributed by atoms with Gasteiger partial charge in [0.2, 0.25) is 5.95 Å². The van der Waals surface area contributed by atoms with Gasteiger partial charge in [0.05, 0.1) is 17.6 Å². The van der Waals surface area contributed by atoms with E-state index in [1.807, 2.05) is 19.9 Å². The van der Waals surface area contributed by atoms with Crippen molar-refractivity contribution in [1.82, 2.24) is 14.5 Å². The maximum Gasteiger partial charge on any atom is 0.203 e. The van der Waals surface area contributed by atoms with Crippen molar-refractivity contribution in [2.45, 2.75) is 32.9 Å². The second kappa shape index (κ2) is 7.62. The Bertz CT molecular complexity index is 726. The van der Waals surface area contributed by atoms with Gasteiger partial charge in [-0.15, -0.1) is 0 Å². The van der Waals surface area contributed by atoms with E-state index in [0.717, 1.165) is 43.3 Å². The first-order valence-electron chi connectivity index (χ1n) is 9.22. The van der Waals surface area contributed by atoms with Crippen LogP contribution >= 0.6 is 0 Å². The molecule has 2 atom stereocenters. The third kappa shape index (κ3) is 3.46. The van der Waals surface area contributed by atoms with Gasteiger partial charge in [-0.1, -0.05) is 13.8 Å². The number of imidazole rings is 1. The van der Waals surface area contributed by atoms with Gasteiger partial charge in [-0.25, -0.2) is 4.98 Å². The van der Waals surface area contributed by atoms with Crippen molar-refractivity contribution in [3.05, 3.63) is 17.7 Å². The van der Waals surface area contributed by atoms with E-state index in [4.69, 9.17) is 14.5 Å². The molecule has 6 nitrogen and oxygen atoms in total. The lowest BCUT2D eigenvalue weighted by atomic mass is 10.1. The summed E-state index contributed by atoms with van der Waals surface area (Å²) in [5.41, 5.74) is 3.56. The van der Waals surface area contributed by atoms with Crippen LogP contribution in [-0.2, 0) is 17.7 Å². The van der Waals surface area contributed by atoms with Crippen molar-refractivity contribution in [2.24, 2.45) is 5.92 Å². The maximum absolute atomic E-state index is 6.01. The van der Waals surface area contributed by atoms with Crippen LogP contribution in [0.2, 0.25) is 0 Å². The van der Waals surface area contributed by atoms with E-state index in [2.05, 4.69) is 34.9 Å². The minimum Gasteiger partial charge on any atom is -0.487 e. The lowest BCUT2D eigenvalue weighted by Crippen LogP contribution is -2.34. The van der Waals surface area contributed by atoms with Crippen LogP contribution in [0, 0.1) is 5.92 Å². The molecule has 3 heterocycles. The Morgan fingerprint density at radius 1 is 1.36 bits per heavy atom. The summed E-state index contributed by atoms with van der Waals surface area (Å²) < 4.78 is 13.6. The summed E-state index contributed by atoms with van der Waals surface area (Å²) in [6.07, 6.45) is 1.00. The summed E-state index contributed by atoms with van der Waals surface area (Å²) in [4.78, 5) is 7.02. The molecule has 2 unspecified atom stereocenters. The van der Waals surface area contributed by atoms with Crippen molar-refractivity contribution in [2.75, 3.05) is 46.2 Å². The number of rotatable bonds is 4. The second-order valence-electron chi connectivity index (χ2n) is 6.86. The molecule has 0 bridgehead atoms. The van der Waals surface area contributed by atoms with E-state index < -0.39 is 0 Å². The number of ether oxygens (including phenoxy) is 2. The number of nitrogens with one attached hydrogen (secondary N) is 1. The average molecular weight is 346 g/mol. The van der Waals surface area contributed by atoms with E-state index in [0.29, 0.717) is 12.5 Å². The lowest BCUT2D eigenvalue weighted by Gasteiger charge is -2.27. The fourth-order valence-corrected chi connectivity index (χ4v) is 3.82. The molecule has 2 aliphatic heterocycles. The van der Waals surface area contributed by atoms with E-state index in [9.17, 15) is 0 Å². The van der Waals surface area contributed by atoms with Gasteiger partial charge in [-0.2, -0.15) is 0 Å². The minimum absolute atomic E-state index is 0.112. The number of methoxy groups -OCH3 is 1.